The lowest BCUT2D eigenvalue weighted by molar-refractivity contribution is 0.0704. The van der Waals surface area contributed by atoms with Gasteiger partial charge in [-0.25, -0.2) is 0 Å². The lowest BCUT2D eigenvalue weighted by Crippen LogP contribution is -2.33. The van der Waals surface area contributed by atoms with E-state index in [0.29, 0.717) is 41.7 Å². The fourth-order valence-electron chi connectivity index (χ4n) is 2.98. The van der Waals surface area contributed by atoms with E-state index < -0.39 is 0 Å². The molecule has 9 heteroatoms. The molecule has 30 heavy (non-hydrogen) atoms. The van der Waals surface area contributed by atoms with Crippen LogP contribution in [0.4, 0.5) is 0 Å². The van der Waals surface area contributed by atoms with Gasteiger partial charge in [0.15, 0.2) is 23.0 Å². The number of hydrogen-bond donors (Lipinski definition) is 1. The third kappa shape index (κ3) is 5.43. The Labute approximate surface area is 176 Å². The number of ether oxygens (including phenoxy) is 3. The average Bonchev–Trinajstić information content (AvgIpc) is 3.20. The maximum absolute atomic E-state index is 13.3. The molecule has 2 amide bonds. The van der Waals surface area contributed by atoms with Crippen molar-refractivity contribution in [1.29, 1.82) is 0 Å². The molecule has 1 aromatic carbocycles. The molecular weight excluding hydrogens is 390 g/mol. The molecule has 1 aromatic heterocycles. The molecule has 0 aliphatic carbocycles. The van der Waals surface area contributed by atoms with Crippen molar-refractivity contribution in [2.24, 2.45) is 5.92 Å². The monoisotopic (exact) mass is 419 g/mol. The van der Waals surface area contributed by atoms with Crippen LogP contribution in [0.1, 0.15) is 47.4 Å². The van der Waals surface area contributed by atoms with E-state index in [2.05, 4.69) is 10.5 Å². The highest BCUT2D eigenvalue weighted by Gasteiger charge is 2.24. The number of amides is 2. The van der Waals surface area contributed by atoms with Gasteiger partial charge in [0, 0.05) is 24.7 Å². The molecule has 2 aromatic rings. The van der Waals surface area contributed by atoms with E-state index in [-0.39, 0.29) is 30.0 Å². The first-order valence-corrected chi connectivity index (χ1v) is 9.67. The van der Waals surface area contributed by atoms with Gasteiger partial charge in [-0.2, -0.15) is 0 Å². The second kappa shape index (κ2) is 10.5. The van der Waals surface area contributed by atoms with Gasteiger partial charge in [-0.15, -0.1) is 0 Å². The van der Waals surface area contributed by atoms with Gasteiger partial charge in [0.05, 0.1) is 27.9 Å². The van der Waals surface area contributed by atoms with Gasteiger partial charge >= 0.3 is 0 Å². The minimum atomic E-state index is -0.320. The van der Waals surface area contributed by atoms with Gasteiger partial charge in [-0.05, 0) is 25.0 Å². The first-order valence-electron chi connectivity index (χ1n) is 9.67. The SMILES string of the molecule is CCNC(=O)c1cc(CN(CC(C)C)C(=O)c2cc(OC)c(OC)c(OC)c2)on1. The summed E-state index contributed by atoms with van der Waals surface area (Å²) >= 11 is 0. The fourth-order valence-corrected chi connectivity index (χ4v) is 2.98. The van der Waals surface area contributed by atoms with Crippen molar-refractivity contribution >= 4 is 11.8 Å². The first kappa shape index (κ1) is 23.1. The highest BCUT2D eigenvalue weighted by Crippen LogP contribution is 2.38. The lowest BCUT2D eigenvalue weighted by Gasteiger charge is -2.24. The van der Waals surface area contributed by atoms with E-state index in [1.165, 1.54) is 21.3 Å². The highest BCUT2D eigenvalue weighted by molar-refractivity contribution is 5.96. The van der Waals surface area contributed by atoms with Crippen LogP contribution in [0.25, 0.3) is 0 Å². The molecule has 164 valence electrons. The molecule has 0 aliphatic heterocycles. The second-order valence-electron chi connectivity index (χ2n) is 7.03. The zero-order chi connectivity index (χ0) is 22.3. The summed E-state index contributed by atoms with van der Waals surface area (Å²) < 4.78 is 21.3. The third-order valence-corrected chi connectivity index (χ3v) is 4.26. The third-order valence-electron chi connectivity index (χ3n) is 4.26. The summed E-state index contributed by atoms with van der Waals surface area (Å²) in [6.45, 7) is 6.97. The Balaban J connectivity index is 2.33. The van der Waals surface area contributed by atoms with Crippen molar-refractivity contribution in [2.45, 2.75) is 27.3 Å². The average molecular weight is 419 g/mol. The number of methoxy groups -OCH3 is 3. The normalized spacial score (nSPS) is 10.6. The van der Waals surface area contributed by atoms with E-state index in [9.17, 15) is 9.59 Å². The molecule has 0 bridgehead atoms. The van der Waals surface area contributed by atoms with E-state index in [0.717, 1.165) is 0 Å². The van der Waals surface area contributed by atoms with Crippen molar-refractivity contribution < 1.29 is 28.3 Å². The molecule has 9 nitrogen and oxygen atoms in total. The summed E-state index contributed by atoms with van der Waals surface area (Å²) in [4.78, 5) is 26.9. The van der Waals surface area contributed by atoms with Gasteiger partial charge in [-0.3, -0.25) is 9.59 Å². The Morgan fingerprint density at radius 1 is 1.10 bits per heavy atom. The van der Waals surface area contributed by atoms with Gasteiger partial charge in [0.25, 0.3) is 11.8 Å². The Morgan fingerprint density at radius 3 is 2.23 bits per heavy atom. The summed E-state index contributed by atoms with van der Waals surface area (Å²) in [5.74, 6) is 1.26. The van der Waals surface area contributed by atoms with Gasteiger partial charge in [-0.1, -0.05) is 19.0 Å². The van der Waals surface area contributed by atoms with Gasteiger partial charge in [0.2, 0.25) is 5.75 Å². The molecule has 1 heterocycles. The smallest absolute Gasteiger partial charge is 0.273 e. The molecule has 0 spiro atoms. The van der Waals surface area contributed by atoms with Crippen molar-refractivity contribution in [3.8, 4) is 17.2 Å². The molecule has 1 N–H and O–H groups in total. The van der Waals surface area contributed by atoms with Crippen LogP contribution in [-0.2, 0) is 6.54 Å². The van der Waals surface area contributed by atoms with Crippen molar-refractivity contribution in [3.05, 3.63) is 35.2 Å². The largest absolute Gasteiger partial charge is 0.493 e. The highest BCUT2D eigenvalue weighted by atomic mass is 16.5. The van der Waals surface area contributed by atoms with E-state index in [1.54, 1.807) is 23.1 Å². The van der Waals surface area contributed by atoms with Crippen LogP contribution in [0.3, 0.4) is 0 Å². The molecule has 0 aliphatic rings. The van der Waals surface area contributed by atoms with E-state index in [1.807, 2.05) is 20.8 Å². The van der Waals surface area contributed by atoms with Crippen molar-refractivity contribution in [1.82, 2.24) is 15.4 Å². The Morgan fingerprint density at radius 2 is 1.73 bits per heavy atom. The summed E-state index contributed by atoms with van der Waals surface area (Å²) in [6, 6.07) is 4.76. The molecule has 2 rings (SSSR count). The number of benzene rings is 1. The fraction of sp³-hybridized carbons (Fsp3) is 0.476. The van der Waals surface area contributed by atoms with Crippen molar-refractivity contribution in [3.63, 3.8) is 0 Å². The van der Waals surface area contributed by atoms with Crippen LogP contribution in [0.2, 0.25) is 0 Å². The molecule has 0 saturated carbocycles. The number of carbonyl (C=O) groups excluding carboxylic acids is 2. The summed E-state index contributed by atoms with van der Waals surface area (Å²) in [5.41, 5.74) is 0.560. The predicted octanol–water partition coefficient (Wildman–Crippen LogP) is 2.75. The molecule has 0 saturated heterocycles. The predicted molar refractivity (Wildman–Crippen MR) is 110 cm³/mol. The molecule has 0 radical (unpaired) electrons. The zero-order valence-electron chi connectivity index (χ0n) is 18.3. The second-order valence-corrected chi connectivity index (χ2v) is 7.03. The van der Waals surface area contributed by atoms with Crippen LogP contribution >= 0.6 is 0 Å². The van der Waals surface area contributed by atoms with Crippen LogP contribution < -0.4 is 19.5 Å². The standard InChI is InChI=1S/C21H29N3O6/c1-7-22-20(25)16-10-15(30-23-16)12-24(11-13(2)3)21(26)14-8-17(27-4)19(29-6)18(9-14)28-5/h8-10,13H,7,11-12H2,1-6H3,(H,22,25). The minimum Gasteiger partial charge on any atom is -0.493 e. The summed E-state index contributed by atoms with van der Waals surface area (Å²) in [5, 5.41) is 6.46. The number of aromatic nitrogens is 1. The maximum atomic E-state index is 13.3. The van der Waals surface area contributed by atoms with E-state index in [4.69, 9.17) is 18.7 Å². The van der Waals surface area contributed by atoms with Crippen LogP contribution in [0, 0.1) is 5.92 Å². The van der Waals surface area contributed by atoms with Crippen molar-refractivity contribution in [2.75, 3.05) is 34.4 Å². The van der Waals surface area contributed by atoms with E-state index >= 15 is 0 Å². The Hall–Kier alpha value is -3.23. The molecular formula is C21H29N3O6. The quantitative estimate of drug-likeness (QED) is 0.631. The summed E-state index contributed by atoms with van der Waals surface area (Å²) in [6.07, 6.45) is 0. The van der Waals surface area contributed by atoms with Gasteiger partial charge in [0.1, 0.15) is 0 Å². The minimum absolute atomic E-state index is 0.167. The maximum Gasteiger partial charge on any atom is 0.273 e. The van der Waals surface area contributed by atoms with Gasteiger partial charge < -0.3 is 29.0 Å². The number of nitrogens with zero attached hydrogens (tertiary/aromatic N) is 2. The summed E-state index contributed by atoms with van der Waals surface area (Å²) in [7, 11) is 4.49. The number of nitrogens with one attached hydrogen (secondary N) is 1. The Kier molecular flexibility index (Phi) is 8.08. The Bertz CT molecular complexity index is 852. The molecule has 0 fully saturated rings. The van der Waals surface area contributed by atoms with Crippen LogP contribution in [0.15, 0.2) is 22.7 Å². The first-order chi connectivity index (χ1) is 14.3. The number of carbonyl (C=O) groups is 2. The topological polar surface area (TPSA) is 103 Å². The van der Waals surface area contributed by atoms with Crippen LogP contribution in [0.5, 0.6) is 17.2 Å². The lowest BCUT2D eigenvalue weighted by atomic mass is 10.1. The van der Waals surface area contributed by atoms with Crippen LogP contribution in [-0.4, -0.2) is 56.3 Å². The molecule has 0 unspecified atom stereocenters. The molecule has 0 atom stereocenters. The number of rotatable bonds is 10. The number of hydrogen-bond acceptors (Lipinski definition) is 7. The zero-order valence-corrected chi connectivity index (χ0v) is 18.3.